The van der Waals surface area contributed by atoms with Crippen molar-refractivity contribution in [2.24, 2.45) is 5.73 Å². The van der Waals surface area contributed by atoms with Crippen molar-refractivity contribution in [2.45, 2.75) is 39.2 Å². The summed E-state index contributed by atoms with van der Waals surface area (Å²) in [6.07, 6.45) is 0.317. The van der Waals surface area contributed by atoms with Crippen molar-refractivity contribution >= 4 is 22.4 Å². The fourth-order valence-electron chi connectivity index (χ4n) is 1.94. The van der Waals surface area contributed by atoms with Crippen LogP contribution in [-0.4, -0.2) is 10.9 Å². The summed E-state index contributed by atoms with van der Waals surface area (Å²) in [4.78, 5) is 16.6. The minimum atomic E-state index is -0.0642. The minimum absolute atomic E-state index is 0.00831. The Morgan fingerprint density at radius 2 is 1.95 bits per heavy atom. The molecule has 0 saturated heterocycles. The molecule has 0 aliphatic heterocycles. The third-order valence-corrected chi connectivity index (χ3v) is 3.97. The molecule has 0 saturated carbocycles. The van der Waals surface area contributed by atoms with Gasteiger partial charge in [-0.1, -0.05) is 45.0 Å². The van der Waals surface area contributed by atoms with E-state index in [1.807, 2.05) is 29.6 Å². The second kappa shape index (κ2) is 6.37. The van der Waals surface area contributed by atoms with E-state index in [-0.39, 0.29) is 11.3 Å². The van der Waals surface area contributed by atoms with Gasteiger partial charge in [-0.15, -0.1) is 11.3 Å². The minimum Gasteiger partial charge on any atom is -0.326 e. The van der Waals surface area contributed by atoms with Gasteiger partial charge in [0.25, 0.3) is 0 Å². The predicted octanol–water partition coefficient (Wildman–Crippen LogP) is 3.08. The third kappa shape index (κ3) is 4.12. The highest BCUT2D eigenvalue weighted by Crippen LogP contribution is 2.26. The molecule has 0 unspecified atom stereocenters. The van der Waals surface area contributed by atoms with Crippen molar-refractivity contribution < 1.29 is 4.79 Å². The molecule has 0 atom stereocenters. The maximum atomic E-state index is 12.1. The van der Waals surface area contributed by atoms with Gasteiger partial charge in [0.15, 0.2) is 5.13 Å². The quantitative estimate of drug-likeness (QED) is 0.912. The number of hydrogen-bond acceptors (Lipinski definition) is 4. The number of hydrogen-bond donors (Lipinski definition) is 2. The van der Waals surface area contributed by atoms with Crippen molar-refractivity contribution in [2.75, 3.05) is 5.32 Å². The van der Waals surface area contributed by atoms with Crippen molar-refractivity contribution in [1.29, 1.82) is 0 Å². The molecule has 1 aromatic heterocycles. The molecule has 2 aromatic rings. The number of nitrogens with two attached hydrogens (primary N) is 1. The lowest BCUT2D eigenvalue weighted by molar-refractivity contribution is -0.115. The fourth-order valence-corrected chi connectivity index (χ4v) is 2.89. The zero-order valence-corrected chi connectivity index (χ0v) is 13.5. The second-order valence-corrected chi connectivity index (χ2v) is 6.84. The van der Waals surface area contributed by atoms with Gasteiger partial charge >= 0.3 is 0 Å². The van der Waals surface area contributed by atoms with E-state index in [2.05, 4.69) is 31.1 Å². The Hall–Kier alpha value is -1.72. The average molecular weight is 303 g/mol. The summed E-state index contributed by atoms with van der Waals surface area (Å²) in [5.41, 5.74) is 8.64. The van der Waals surface area contributed by atoms with E-state index in [9.17, 15) is 4.79 Å². The Morgan fingerprint density at radius 1 is 1.29 bits per heavy atom. The number of carbonyl (C=O) groups is 1. The Bertz CT molecular complexity index is 628. The Morgan fingerprint density at radius 3 is 2.52 bits per heavy atom. The molecule has 2 rings (SSSR count). The molecule has 5 heteroatoms. The van der Waals surface area contributed by atoms with E-state index in [1.165, 1.54) is 11.3 Å². The smallest absolute Gasteiger partial charge is 0.230 e. The predicted molar refractivity (Wildman–Crippen MR) is 87.5 cm³/mol. The van der Waals surface area contributed by atoms with Gasteiger partial charge in [0.1, 0.15) is 0 Å². The highest BCUT2D eigenvalue weighted by atomic mass is 32.1. The van der Waals surface area contributed by atoms with Gasteiger partial charge in [0, 0.05) is 17.3 Å². The van der Waals surface area contributed by atoms with Crippen molar-refractivity contribution in [1.82, 2.24) is 4.98 Å². The molecule has 1 amide bonds. The van der Waals surface area contributed by atoms with Gasteiger partial charge in [-0.05, 0) is 11.1 Å². The highest BCUT2D eigenvalue weighted by molar-refractivity contribution is 7.13. The molecule has 0 fully saturated rings. The summed E-state index contributed by atoms with van der Waals surface area (Å²) < 4.78 is 0. The molecule has 0 bridgehead atoms. The van der Waals surface area contributed by atoms with E-state index in [4.69, 9.17) is 5.73 Å². The van der Waals surface area contributed by atoms with Crippen LogP contribution in [0.15, 0.2) is 29.6 Å². The van der Waals surface area contributed by atoms with Gasteiger partial charge in [-0.2, -0.15) is 0 Å². The van der Waals surface area contributed by atoms with Crippen LogP contribution in [0.4, 0.5) is 5.13 Å². The van der Waals surface area contributed by atoms with Crippen LogP contribution in [0, 0.1) is 0 Å². The van der Waals surface area contributed by atoms with Crippen LogP contribution in [0.25, 0.3) is 0 Å². The molecule has 1 aromatic carbocycles. The van der Waals surface area contributed by atoms with Crippen LogP contribution < -0.4 is 11.1 Å². The van der Waals surface area contributed by atoms with E-state index in [1.54, 1.807) is 0 Å². The number of carbonyl (C=O) groups excluding carboxylic acids is 1. The van der Waals surface area contributed by atoms with Gasteiger partial charge in [0.2, 0.25) is 5.91 Å². The SMILES string of the molecule is CC(C)(C)c1csc(NC(=O)Cc2ccccc2CN)n1. The lowest BCUT2D eigenvalue weighted by Gasteiger charge is -2.14. The summed E-state index contributed by atoms with van der Waals surface area (Å²) in [6, 6.07) is 7.73. The Kier molecular flexibility index (Phi) is 4.75. The van der Waals surface area contributed by atoms with E-state index < -0.39 is 0 Å². The number of amides is 1. The van der Waals surface area contributed by atoms with Crippen LogP contribution in [0.2, 0.25) is 0 Å². The largest absolute Gasteiger partial charge is 0.326 e. The molecule has 0 radical (unpaired) electrons. The maximum absolute atomic E-state index is 12.1. The summed E-state index contributed by atoms with van der Waals surface area (Å²) >= 11 is 1.46. The van der Waals surface area contributed by atoms with Crippen LogP contribution in [0.5, 0.6) is 0 Å². The van der Waals surface area contributed by atoms with E-state index in [0.717, 1.165) is 16.8 Å². The first-order valence-corrected chi connectivity index (χ1v) is 7.81. The normalized spacial score (nSPS) is 11.4. The molecular formula is C16H21N3OS. The first-order chi connectivity index (χ1) is 9.90. The van der Waals surface area contributed by atoms with E-state index >= 15 is 0 Å². The van der Waals surface area contributed by atoms with Crippen LogP contribution in [-0.2, 0) is 23.2 Å². The monoisotopic (exact) mass is 303 g/mol. The van der Waals surface area contributed by atoms with Gasteiger partial charge in [-0.25, -0.2) is 4.98 Å². The molecule has 3 N–H and O–H groups in total. The van der Waals surface area contributed by atoms with Crippen molar-refractivity contribution in [3.05, 3.63) is 46.5 Å². The van der Waals surface area contributed by atoms with Gasteiger partial charge in [0.05, 0.1) is 12.1 Å². The topological polar surface area (TPSA) is 68.0 Å². The molecule has 112 valence electrons. The lowest BCUT2D eigenvalue weighted by Crippen LogP contribution is -2.17. The first-order valence-electron chi connectivity index (χ1n) is 6.93. The Labute approximate surface area is 129 Å². The molecule has 21 heavy (non-hydrogen) atoms. The zero-order valence-electron chi connectivity index (χ0n) is 12.6. The fraction of sp³-hybridized carbons (Fsp3) is 0.375. The third-order valence-electron chi connectivity index (χ3n) is 3.21. The summed E-state index contributed by atoms with van der Waals surface area (Å²) in [6.45, 7) is 6.75. The van der Waals surface area contributed by atoms with Crippen molar-refractivity contribution in [3.63, 3.8) is 0 Å². The van der Waals surface area contributed by atoms with Crippen LogP contribution in [0.3, 0.4) is 0 Å². The number of thiazole rings is 1. The number of rotatable bonds is 4. The number of nitrogens with zero attached hydrogens (tertiary/aromatic N) is 1. The van der Waals surface area contributed by atoms with Gasteiger partial charge in [-0.3, -0.25) is 4.79 Å². The average Bonchev–Trinajstić information content (AvgIpc) is 2.87. The van der Waals surface area contributed by atoms with E-state index in [0.29, 0.717) is 18.1 Å². The number of nitrogens with one attached hydrogen (secondary N) is 1. The zero-order chi connectivity index (χ0) is 15.5. The molecule has 0 aliphatic rings. The molecule has 0 spiro atoms. The number of anilines is 1. The van der Waals surface area contributed by atoms with Gasteiger partial charge < -0.3 is 11.1 Å². The number of benzene rings is 1. The summed E-state index contributed by atoms with van der Waals surface area (Å²) in [7, 11) is 0. The lowest BCUT2D eigenvalue weighted by atomic mass is 9.93. The molecule has 0 aliphatic carbocycles. The van der Waals surface area contributed by atoms with Crippen molar-refractivity contribution in [3.8, 4) is 0 Å². The number of aromatic nitrogens is 1. The molecular weight excluding hydrogens is 282 g/mol. The first kappa shape index (κ1) is 15.7. The second-order valence-electron chi connectivity index (χ2n) is 5.99. The summed E-state index contributed by atoms with van der Waals surface area (Å²) in [5, 5.41) is 5.50. The molecule has 1 heterocycles. The highest BCUT2D eigenvalue weighted by Gasteiger charge is 2.18. The van der Waals surface area contributed by atoms with Crippen LogP contribution in [0.1, 0.15) is 37.6 Å². The Balaban J connectivity index is 2.03. The molecule has 4 nitrogen and oxygen atoms in total. The van der Waals surface area contributed by atoms with Crippen LogP contribution >= 0.6 is 11.3 Å². The standard InChI is InChI=1S/C16H21N3OS/c1-16(2,3)13-10-21-15(18-13)19-14(20)8-11-6-4-5-7-12(11)9-17/h4-7,10H,8-9,17H2,1-3H3,(H,18,19,20). The maximum Gasteiger partial charge on any atom is 0.230 e. The summed E-state index contributed by atoms with van der Waals surface area (Å²) in [5.74, 6) is -0.0642.